The molecular formula is C86H134N10O24. The van der Waals surface area contributed by atoms with Crippen molar-refractivity contribution >= 4 is 82.8 Å². The average Bonchev–Trinajstić information content (AvgIpc) is 1.54. The molecule has 3 aliphatic carbocycles. The van der Waals surface area contributed by atoms with Crippen molar-refractivity contribution in [3.8, 4) is 0 Å². The average molecular weight is 1690 g/mol. The van der Waals surface area contributed by atoms with E-state index in [4.69, 9.17) is 59.5 Å². The van der Waals surface area contributed by atoms with Crippen molar-refractivity contribution < 1.29 is 110 Å². The van der Waals surface area contributed by atoms with Crippen LogP contribution in [0.4, 0.5) is 15.3 Å². The smallest absolute Gasteiger partial charge is 0.413 e. The maximum Gasteiger partial charge on any atom is 0.413 e. The molecule has 0 radical (unpaired) electrons. The number of nitrogens with two attached hydrogens (primary N) is 2. The summed E-state index contributed by atoms with van der Waals surface area (Å²) < 4.78 is 51.9. The van der Waals surface area contributed by atoms with Crippen LogP contribution in [-0.4, -0.2) is 183 Å². The molecule has 5 amide bonds. The number of nitrogens with zero attached hydrogens (tertiary/aromatic N) is 2. The molecule has 4 aliphatic rings. The van der Waals surface area contributed by atoms with Crippen LogP contribution in [0.15, 0.2) is 77.9 Å². The standard InChI is InChI=1S/C39H54N4O12.C25H44N4O6.C22H36N2O6/c1-12-26(13-2)52-31-18-24(17-30(29(31)16-22(7)44)40-23(8)41-38(49)55-39(9,10)11)35(47)53-37(21(5)6)54-36(48)32(20(3)4)42-33(45)27-15-14-25(43(50)51)19-28(27)34(42)46;1-8-18(9-2)33-19-11-17(10-16(12-20(26)27)22(19)29-15(7)30)23(31)34-25(14(5)6)35-24(32)21(28)13(3)4;1-8-16(9-2)29-19-12-15(20(26)27)11-18(17(19)10-13(3)25)23-14(4)24-21(28)30-22(5,6)7/h14-15,18-21,26,29-32,37,40H,8,12-13,16-17H2,1-7,9-11H3,(H,41,49);11,13-14,16,18-19,21-22,25H,8-10,12,28H2,1-7H3,(H3,26,27)(H,29,30);12,16-19,23H,4,8-11H2,1-3,5-7H3,(H,24,28)(H,26,27)/t29-,30+,31-,32-,37?;16-,19-,21-,22?,25?;17-,18+,19-/m111/s1. The number of carboxylic acid groups (broad SMARTS) is 1. The highest BCUT2D eigenvalue weighted by Gasteiger charge is 2.48. The number of aliphatic carboxylic acids is 1. The summed E-state index contributed by atoms with van der Waals surface area (Å²) in [5.74, 6) is -8.94. The first-order valence-corrected chi connectivity index (χ1v) is 41.3. The molecule has 13 atom stereocenters. The number of benzene rings is 1. The lowest BCUT2D eigenvalue weighted by Crippen LogP contribution is -2.52. The SMILES string of the molecule is C=C(NC(=O)OC(C)(C)C)N[C@H]1CC(C(=O)O)=C[C@@H](OC(CC)CC)[C@@H]1CC(C)=O.C=C(NC(=O)OC(C)(C)C)N[C@H]1CC(C(=O)OC(OC(=O)[C@@H](C(C)C)N2C(=O)c3ccc([N+](=O)[O-])cc3C2=O)C(C)C)=C[C@@H](OC(CC)CC)[C@@H]1CC(C)=O.CCC(CC)O[C@@H]1C=C(C(=O)OC(OC(=O)[C@H](N)C(C)C)C(C)C)C[C@H](CC(=N)N)C1NC(C)=O. The van der Waals surface area contributed by atoms with Gasteiger partial charge in [-0.15, -0.1) is 0 Å². The van der Waals surface area contributed by atoms with Gasteiger partial charge in [-0.2, -0.15) is 0 Å². The Bertz CT molecular complexity index is 3900. The van der Waals surface area contributed by atoms with Gasteiger partial charge in [0.15, 0.2) is 0 Å². The van der Waals surface area contributed by atoms with Gasteiger partial charge < -0.3 is 84.7 Å². The number of carbonyl (C=O) groups excluding carboxylic acids is 11. The number of carbonyl (C=O) groups is 12. The summed E-state index contributed by atoms with van der Waals surface area (Å²) in [7, 11) is 0. The van der Waals surface area contributed by atoms with Crippen molar-refractivity contribution in [2.75, 3.05) is 0 Å². The molecule has 3 unspecified atom stereocenters. The molecule has 0 spiro atoms. The number of amidine groups is 1. The van der Waals surface area contributed by atoms with E-state index in [1.54, 1.807) is 115 Å². The van der Waals surface area contributed by atoms with E-state index in [-0.39, 0.29) is 138 Å². The molecule has 0 bridgehead atoms. The number of Topliss-reactive ketones (excluding diaryl/α,β-unsaturated/α-hetero) is 2. The molecule has 5 rings (SSSR count). The number of ketones is 2. The van der Waals surface area contributed by atoms with Crippen molar-refractivity contribution in [2.24, 2.45) is 52.9 Å². The molecule has 1 aliphatic heterocycles. The minimum Gasteiger partial charge on any atom is -0.478 e. The lowest BCUT2D eigenvalue weighted by Gasteiger charge is -2.39. The zero-order valence-electron chi connectivity index (χ0n) is 74.3. The van der Waals surface area contributed by atoms with E-state index in [0.717, 1.165) is 37.8 Å². The highest BCUT2D eigenvalue weighted by Crippen LogP contribution is 2.38. The van der Waals surface area contributed by atoms with Crippen molar-refractivity contribution in [3.05, 3.63) is 99.2 Å². The van der Waals surface area contributed by atoms with Crippen LogP contribution in [0, 0.1) is 56.9 Å². The molecule has 0 saturated heterocycles. The van der Waals surface area contributed by atoms with Crippen LogP contribution < -0.4 is 38.1 Å². The normalized spacial score (nSPS) is 20.7. The number of rotatable bonds is 40. The minimum atomic E-state index is -1.47. The Hall–Kier alpha value is -9.93. The summed E-state index contributed by atoms with van der Waals surface area (Å²) in [5.41, 5.74) is 10.1. The van der Waals surface area contributed by atoms with E-state index in [2.05, 4.69) is 39.7 Å². The number of hydrogen-bond donors (Lipinski definition) is 9. The maximum absolute atomic E-state index is 13.9. The van der Waals surface area contributed by atoms with Crippen LogP contribution in [0.3, 0.4) is 0 Å². The topological polar surface area (TPSA) is 491 Å². The largest absolute Gasteiger partial charge is 0.478 e. The number of alkyl carbamates (subject to hydrolysis) is 2. The zero-order valence-corrected chi connectivity index (χ0v) is 74.3. The summed E-state index contributed by atoms with van der Waals surface area (Å²) in [4.78, 5) is 164. The molecule has 11 N–H and O–H groups in total. The number of hydrogen-bond acceptors (Lipinski definition) is 27. The van der Waals surface area contributed by atoms with Gasteiger partial charge in [-0.25, -0.2) is 28.8 Å². The Kier molecular flexibility index (Phi) is 41.6. The molecule has 1 aromatic rings. The van der Waals surface area contributed by atoms with Crippen molar-refractivity contribution in [1.82, 2.24) is 31.5 Å². The summed E-state index contributed by atoms with van der Waals surface area (Å²) in [6.45, 7) is 48.0. The number of nitro groups is 1. The molecule has 1 aromatic carbocycles. The van der Waals surface area contributed by atoms with Crippen LogP contribution >= 0.6 is 0 Å². The van der Waals surface area contributed by atoms with Crippen molar-refractivity contribution in [1.29, 1.82) is 5.41 Å². The minimum absolute atomic E-state index is 0.00311. The van der Waals surface area contributed by atoms with Gasteiger partial charge in [0, 0.05) is 90.8 Å². The van der Waals surface area contributed by atoms with Crippen molar-refractivity contribution in [2.45, 2.75) is 327 Å². The fourth-order valence-electron chi connectivity index (χ4n) is 13.7. The van der Waals surface area contributed by atoms with Gasteiger partial charge in [0.2, 0.25) is 18.5 Å². The van der Waals surface area contributed by atoms with Crippen LogP contribution in [0.5, 0.6) is 0 Å². The summed E-state index contributed by atoms with van der Waals surface area (Å²) >= 11 is 0. The number of carboxylic acids is 1. The first-order chi connectivity index (χ1) is 55.7. The summed E-state index contributed by atoms with van der Waals surface area (Å²) in [6, 6.07) is -0.611. The number of ether oxygens (including phenoxy) is 9. The zero-order chi connectivity index (χ0) is 91.5. The Morgan fingerprint density at radius 3 is 1.32 bits per heavy atom. The molecule has 672 valence electrons. The predicted octanol–water partition coefficient (Wildman–Crippen LogP) is 11.7. The Morgan fingerprint density at radius 1 is 0.567 bits per heavy atom. The second-order valence-corrected chi connectivity index (χ2v) is 34.0. The van der Waals surface area contributed by atoms with Gasteiger partial charge in [0.1, 0.15) is 46.5 Å². The number of amides is 5. The number of non-ortho nitro benzene ring substituents is 1. The molecular weight excluding hydrogens is 1560 g/mol. The molecule has 120 heavy (non-hydrogen) atoms. The number of nitrogens with one attached hydrogen (secondary N) is 6. The monoisotopic (exact) mass is 1690 g/mol. The molecule has 0 saturated carbocycles. The Labute approximate surface area is 705 Å². The first kappa shape index (κ1) is 104. The lowest BCUT2D eigenvalue weighted by molar-refractivity contribution is -0.384. The third-order valence-corrected chi connectivity index (χ3v) is 20.0. The third-order valence-electron chi connectivity index (χ3n) is 20.0. The van der Waals surface area contributed by atoms with E-state index < -0.39 is 155 Å². The van der Waals surface area contributed by atoms with Gasteiger partial charge in [-0.1, -0.05) is 110 Å². The maximum atomic E-state index is 13.9. The van der Waals surface area contributed by atoms with E-state index >= 15 is 0 Å². The number of esters is 4. The van der Waals surface area contributed by atoms with E-state index in [1.807, 2.05) is 41.5 Å². The summed E-state index contributed by atoms with van der Waals surface area (Å²) in [6.07, 6.45) is 3.88. The van der Waals surface area contributed by atoms with Gasteiger partial charge in [-0.3, -0.25) is 50.2 Å². The predicted molar refractivity (Wildman–Crippen MR) is 446 cm³/mol. The molecule has 0 aromatic heterocycles. The molecule has 0 fully saturated rings. The van der Waals surface area contributed by atoms with E-state index in [0.29, 0.717) is 23.3 Å². The van der Waals surface area contributed by atoms with Gasteiger partial charge in [-0.05, 0) is 155 Å². The molecule has 34 heteroatoms. The van der Waals surface area contributed by atoms with Crippen LogP contribution in [0.1, 0.15) is 257 Å². The first-order valence-electron chi connectivity index (χ1n) is 41.3. The second kappa shape index (κ2) is 47.9. The third kappa shape index (κ3) is 33.2. The van der Waals surface area contributed by atoms with Gasteiger partial charge >= 0.3 is 42.0 Å². The van der Waals surface area contributed by atoms with Crippen molar-refractivity contribution in [3.63, 3.8) is 0 Å². The number of nitro benzene ring substituents is 1. The Morgan fingerprint density at radius 2 is 0.958 bits per heavy atom. The quantitative estimate of drug-likeness (QED) is 0.00431. The van der Waals surface area contributed by atoms with E-state index in [9.17, 15) is 72.8 Å². The van der Waals surface area contributed by atoms with Gasteiger partial charge in [0.05, 0.1) is 64.6 Å². The van der Waals surface area contributed by atoms with Crippen LogP contribution in [0.2, 0.25) is 0 Å². The van der Waals surface area contributed by atoms with Crippen LogP contribution in [0.25, 0.3) is 0 Å². The molecule has 34 nitrogen and oxygen atoms in total. The fraction of sp³-hybridized carbons (Fsp3) is 0.663. The highest BCUT2D eigenvalue weighted by atomic mass is 16.7. The lowest BCUT2D eigenvalue weighted by atomic mass is 9.79. The van der Waals surface area contributed by atoms with Gasteiger partial charge in [0.25, 0.3) is 17.5 Å². The fourth-order valence-corrected chi connectivity index (χ4v) is 13.7. The molecule has 1 heterocycles. The Balaban J connectivity index is 0.000000495. The number of imide groups is 1. The second-order valence-electron chi connectivity index (χ2n) is 34.0. The summed E-state index contributed by atoms with van der Waals surface area (Å²) in [5, 5.41) is 42.9. The van der Waals surface area contributed by atoms with E-state index in [1.165, 1.54) is 26.8 Å². The van der Waals surface area contributed by atoms with Crippen LogP contribution in [-0.2, 0) is 81.0 Å². The number of fused-ring (bicyclic) bond motifs is 1. The highest BCUT2D eigenvalue weighted by molar-refractivity contribution is 6.23.